The lowest BCUT2D eigenvalue weighted by Crippen LogP contribution is -2.29. The fraction of sp³-hybridized carbons (Fsp3) is 0.188. The van der Waals surface area contributed by atoms with E-state index in [-0.39, 0.29) is 21.7 Å². The first kappa shape index (κ1) is 60.8. The lowest BCUT2D eigenvalue weighted by Gasteiger charge is -2.35. The molecule has 0 fully saturated rings. The predicted molar refractivity (Wildman–Crippen MR) is 407 cm³/mol. The van der Waals surface area contributed by atoms with Gasteiger partial charge in [0.15, 0.2) is 0 Å². The van der Waals surface area contributed by atoms with Crippen LogP contribution in [0.1, 0.15) is 150 Å². The second kappa shape index (κ2) is 22.2. The Hall–Kier alpha value is -10.1. The maximum atomic E-state index is 2.55. The number of benzene rings is 13. The highest BCUT2D eigenvalue weighted by Gasteiger charge is 2.55. The average molecular weight is 1240 g/mol. The van der Waals surface area contributed by atoms with Crippen LogP contribution in [0.15, 0.2) is 291 Å². The molecule has 16 rings (SSSR count). The van der Waals surface area contributed by atoms with E-state index in [0.717, 1.165) is 0 Å². The van der Waals surface area contributed by atoms with E-state index in [1.807, 2.05) is 0 Å². The summed E-state index contributed by atoms with van der Waals surface area (Å²) in [5.74, 6) is 0. The molecule has 13 aromatic rings. The third-order valence-corrected chi connectivity index (χ3v) is 21.6. The molecule has 0 saturated carbocycles. The normalized spacial score (nSPS) is 14.0. The second-order valence-electron chi connectivity index (χ2n) is 31.7. The van der Waals surface area contributed by atoms with E-state index in [1.165, 1.54) is 167 Å². The molecule has 0 atom stereocenters. The minimum absolute atomic E-state index is 0.0385. The maximum Gasteiger partial charge on any atom is 0.0725 e. The first-order valence-electron chi connectivity index (χ1n) is 34.6. The zero-order chi connectivity index (χ0) is 66.3. The summed E-state index contributed by atoms with van der Waals surface area (Å²) in [5, 5.41) is 0. The van der Waals surface area contributed by atoms with Crippen molar-refractivity contribution in [1.29, 1.82) is 0 Å². The van der Waals surface area contributed by atoms with Gasteiger partial charge in [-0.2, -0.15) is 0 Å². The fourth-order valence-corrected chi connectivity index (χ4v) is 16.5. The van der Waals surface area contributed by atoms with Crippen molar-refractivity contribution in [3.8, 4) is 100 Å². The molecule has 0 unspecified atom stereocenters. The summed E-state index contributed by atoms with van der Waals surface area (Å²) in [6, 6.07) is 113. The molecule has 13 aromatic carbocycles. The minimum Gasteiger partial charge on any atom is -0.0619 e. The first-order valence-corrected chi connectivity index (χ1v) is 34.6. The van der Waals surface area contributed by atoms with E-state index < -0.39 is 10.8 Å². The van der Waals surface area contributed by atoms with Gasteiger partial charge in [0.1, 0.15) is 0 Å². The Morgan fingerprint density at radius 2 is 0.427 bits per heavy atom. The van der Waals surface area contributed by atoms with Crippen LogP contribution in [0.4, 0.5) is 0 Å². The molecule has 0 heterocycles. The molecule has 0 heteroatoms. The van der Waals surface area contributed by atoms with Crippen molar-refractivity contribution >= 4 is 0 Å². The van der Waals surface area contributed by atoms with Crippen molar-refractivity contribution in [3.05, 3.63) is 358 Å². The van der Waals surface area contributed by atoms with Gasteiger partial charge in [-0.1, -0.05) is 326 Å². The molecular formula is C96H84. The number of fused-ring (bicyclic) bond motifs is 14. The maximum absolute atomic E-state index is 2.55. The van der Waals surface area contributed by atoms with Gasteiger partial charge in [0, 0.05) is 0 Å². The standard InChI is InChI=1S/C96H84/c1-91(2,3)73-43-35-61(36-44-73)67-53-68(62-37-45-74(46-38-62)92(4,5)6)56-71(55-67)65-23-21-25-77(59-65)95(78-26-22-24-66(60-78)72-57-69(63-39-47-75(48-40-63)93(7,8)9)54-70(58-72)64-41-49-76(50-42-64)94(10,11)12)85-33-19-15-29-81(85)89-87(95)51-52-88-90(89)82-30-16-20-34-86(82)96(88)83-31-17-13-27-79(83)80-28-14-18-32-84(80)96/h13-60H,1-12H3. The summed E-state index contributed by atoms with van der Waals surface area (Å²) in [6.07, 6.45) is 0. The summed E-state index contributed by atoms with van der Waals surface area (Å²) >= 11 is 0. The molecule has 0 aliphatic heterocycles. The fourth-order valence-electron chi connectivity index (χ4n) is 16.5. The van der Waals surface area contributed by atoms with Crippen molar-refractivity contribution < 1.29 is 0 Å². The van der Waals surface area contributed by atoms with Gasteiger partial charge in [0.25, 0.3) is 0 Å². The third-order valence-electron chi connectivity index (χ3n) is 21.6. The van der Waals surface area contributed by atoms with Crippen LogP contribution < -0.4 is 0 Å². The van der Waals surface area contributed by atoms with E-state index in [0.29, 0.717) is 0 Å². The minimum atomic E-state index is -0.777. The van der Waals surface area contributed by atoms with Gasteiger partial charge < -0.3 is 0 Å². The van der Waals surface area contributed by atoms with Crippen LogP contribution >= 0.6 is 0 Å². The zero-order valence-electron chi connectivity index (χ0n) is 57.7. The zero-order valence-corrected chi connectivity index (χ0v) is 57.7. The van der Waals surface area contributed by atoms with Gasteiger partial charge in [0.05, 0.1) is 10.8 Å². The van der Waals surface area contributed by atoms with Gasteiger partial charge in [-0.3, -0.25) is 0 Å². The van der Waals surface area contributed by atoms with Gasteiger partial charge in [0.2, 0.25) is 0 Å². The van der Waals surface area contributed by atoms with Crippen molar-refractivity contribution in [2.24, 2.45) is 0 Å². The smallest absolute Gasteiger partial charge is 0.0619 e. The molecule has 468 valence electrons. The monoisotopic (exact) mass is 1240 g/mol. The quantitative estimate of drug-likeness (QED) is 0.142. The summed E-state index contributed by atoms with van der Waals surface area (Å²) in [4.78, 5) is 0. The molecule has 0 amide bonds. The van der Waals surface area contributed by atoms with Crippen molar-refractivity contribution in [2.45, 2.75) is 116 Å². The highest BCUT2D eigenvalue weighted by molar-refractivity contribution is 6.04. The predicted octanol–water partition coefficient (Wildman–Crippen LogP) is 25.6. The highest BCUT2D eigenvalue weighted by Crippen LogP contribution is 2.68. The number of rotatable bonds is 8. The Bertz CT molecular complexity index is 4810. The van der Waals surface area contributed by atoms with Gasteiger partial charge in [-0.15, -0.1) is 0 Å². The molecule has 3 aliphatic carbocycles. The molecule has 1 spiro atoms. The second-order valence-corrected chi connectivity index (χ2v) is 31.7. The molecule has 0 aromatic heterocycles. The van der Waals surface area contributed by atoms with Crippen LogP contribution in [0, 0.1) is 0 Å². The Morgan fingerprint density at radius 3 is 0.729 bits per heavy atom. The number of hydrogen-bond donors (Lipinski definition) is 0. The summed E-state index contributed by atoms with van der Waals surface area (Å²) < 4.78 is 0. The van der Waals surface area contributed by atoms with Crippen LogP contribution in [-0.2, 0) is 32.5 Å². The van der Waals surface area contributed by atoms with E-state index in [2.05, 4.69) is 374 Å². The van der Waals surface area contributed by atoms with Gasteiger partial charge >= 0.3 is 0 Å². The van der Waals surface area contributed by atoms with Gasteiger partial charge in [-0.05, 0) is 237 Å². The molecule has 3 aliphatic rings. The molecule has 0 bridgehead atoms. The Labute approximate surface area is 570 Å². The molecule has 0 nitrogen and oxygen atoms in total. The topological polar surface area (TPSA) is 0 Å². The Morgan fingerprint density at radius 1 is 0.177 bits per heavy atom. The van der Waals surface area contributed by atoms with E-state index in [9.17, 15) is 0 Å². The van der Waals surface area contributed by atoms with Crippen molar-refractivity contribution in [1.82, 2.24) is 0 Å². The van der Waals surface area contributed by atoms with Crippen molar-refractivity contribution in [3.63, 3.8) is 0 Å². The molecule has 96 heavy (non-hydrogen) atoms. The van der Waals surface area contributed by atoms with Gasteiger partial charge in [-0.25, -0.2) is 0 Å². The van der Waals surface area contributed by atoms with Crippen LogP contribution in [0.5, 0.6) is 0 Å². The van der Waals surface area contributed by atoms with Crippen LogP contribution in [0.25, 0.3) is 100 Å². The SMILES string of the molecule is CC(C)(C)c1ccc(-c2cc(-c3ccc(C(C)(C)C)cc3)cc(-c3cccc(C4(c5cccc(-c6cc(-c7ccc(C(C)(C)C)cc7)cc(-c7ccc(C(C)(C)C)cc7)c6)c5)c5ccccc5-c5c4ccc4c5-c5ccccc5C45c4ccccc4-c4ccccc45)c3)c2)cc1. The molecule has 0 N–H and O–H groups in total. The highest BCUT2D eigenvalue weighted by atomic mass is 14.6. The Kier molecular flexibility index (Phi) is 14.1. The number of hydrogen-bond acceptors (Lipinski definition) is 0. The summed E-state index contributed by atoms with van der Waals surface area (Å²) in [5.41, 5.74) is 36.8. The van der Waals surface area contributed by atoms with Crippen LogP contribution in [0.2, 0.25) is 0 Å². The van der Waals surface area contributed by atoms with Crippen molar-refractivity contribution in [2.75, 3.05) is 0 Å². The summed E-state index contributed by atoms with van der Waals surface area (Å²) in [6.45, 7) is 27.6. The lowest BCUT2D eigenvalue weighted by molar-refractivity contribution is 0.590. The third kappa shape index (κ3) is 9.76. The largest absolute Gasteiger partial charge is 0.0725 e. The van der Waals surface area contributed by atoms with Crippen LogP contribution in [-0.4, -0.2) is 0 Å². The molecular weight excluding hydrogens is 1150 g/mol. The molecule has 0 radical (unpaired) electrons. The lowest BCUT2D eigenvalue weighted by atomic mass is 9.66. The van der Waals surface area contributed by atoms with E-state index >= 15 is 0 Å². The van der Waals surface area contributed by atoms with E-state index in [4.69, 9.17) is 0 Å². The summed E-state index contributed by atoms with van der Waals surface area (Å²) in [7, 11) is 0. The van der Waals surface area contributed by atoms with E-state index in [1.54, 1.807) is 0 Å². The Balaban J connectivity index is 0.954. The average Bonchev–Trinajstić information content (AvgIpc) is 1.49. The molecule has 0 saturated heterocycles. The first-order chi connectivity index (χ1) is 46.1. The van der Waals surface area contributed by atoms with Crippen LogP contribution in [0.3, 0.4) is 0 Å².